The van der Waals surface area contributed by atoms with E-state index < -0.39 is 20.2 Å². The molecule has 0 spiro atoms. The zero-order valence-corrected chi connectivity index (χ0v) is 17.9. The van der Waals surface area contributed by atoms with Crippen LogP contribution in [-0.2, 0) is 39.7 Å². The second-order valence-corrected chi connectivity index (χ2v) is 7.69. The first kappa shape index (κ1) is 22.6. The molecule has 11 heteroatoms. The Morgan fingerprint density at radius 2 is 0.826 bits per heavy atom. The van der Waals surface area contributed by atoms with Crippen LogP contribution in [0.15, 0.2) is 68.1 Å². The molecule has 6 nitrogen and oxygen atoms in total. The van der Waals surface area contributed by atoms with Gasteiger partial charge >= 0.3 is 19.5 Å². The van der Waals surface area contributed by atoms with Gasteiger partial charge in [0.05, 0.1) is 9.79 Å². The molecular weight excluding hydrogens is 434 g/mol. The van der Waals surface area contributed by atoms with Crippen LogP contribution in [0.3, 0.4) is 0 Å². The molecule has 120 valence electrons. The molecule has 0 atom stereocenters. The van der Waals surface area contributed by atoms with Crippen LogP contribution in [0, 0.1) is 0 Å². The maximum atomic E-state index is 10.4. The van der Waals surface area contributed by atoms with E-state index in [4.69, 9.17) is 0 Å². The number of benzene rings is 2. The predicted octanol–water partition coefficient (Wildman–Crippen LogP) is 1.76. The SMILES string of the molecule is O=S(=O)([O-])c1ccc(S)cc1.O=S(=O)([O-])c1ccc(S)cc1.[Zn+2]. The third-order valence-corrected chi connectivity index (χ3v) is 4.55. The molecule has 23 heavy (non-hydrogen) atoms. The van der Waals surface area contributed by atoms with Crippen molar-refractivity contribution in [2.24, 2.45) is 0 Å². The van der Waals surface area contributed by atoms with Crippen molar-refractivity contribution in [2.75, 3.05) is 0 Å². The Bertz CT molecular complexity index is 757. The third kappa shape index (κ3) is 8.30. The normalized spacial score (nSPS) is 11.0. The van der Waals surface area contributed by atoms with Gasteiger partial charge in [-0.3, -0.25) is 0 Å². The molecule has 0 saturated heterocycles. The van der Waals surface area contributed by atoms with Gasteiger partial charge < -0.3 is 9.11 Å². The van der Waals surface area contributed by atoms with Gasteiger partial charge in [-0.2, -0.15) is 0 Å². The molecule has 0 aromatic heterocycles. The number of hydrogen-bond donors (Lipinski definition) is 2. The number of rotatable bonds is 2. The van der Waals surface area contributed by atoms with Crippen LogP contribution in [0.5, 0.6) is 0 Å². The molecule has 2 aromatic carbocycles. The third-order valence-electron chi connectivity index (χ3n) is 2.25. The summed E-state index contributed by atoms with van der Waals surface area (Å²) in [6.07, 6.45) is 0. The fourth-order valence-electron chi connectivity index (χ4n) is 1.23. The van der Waals surface area contributed by atoms with Gasteiger partial charge in [-0.1, -0.05) is 0 Å². The standard InChI is InChI=1S/2C6H6O3S2.Zn/c2*7-11(8,9)6-3-1-5(10)2-4-6;/h2*1-4,10H,(H,7,8,9);/q;;+2/p-2. The summed E-state index contributed by atoms with van der Waals surface area (Å²) in [5.41, 5.74) is 0. The van der Waals surface area contributed by atoms with E-state index in [0.29, 0.717) is 9.79 Å². The molecule has 0 N–H and O–H groups in total. The summed E-state index contributed by atoms with van der Waals surface area (Å²) in [4.78, 5) is 0.792. The quantitative estimate of drug-likeness (QED) is 0.415. The first-order valence-corrected chi connectivity index (χ1v) is 9.21. The summed E-state index contributed by atoms with van der Waals surface area (Å²) in [7, 11) is -8.61. The van der Waals surface area contributed by atoms with Crippen LogP contribution in [0.25, 0.3) is 0 Å². The first-order valence-electron chi connectivity index (χ1n) is 5.50. The predicted molar refractivity (Wildman–Crippen MR) is 83.3 cm³/mol. The van der Waals surface area contributed by atoms with Crippen LogP contribution in [-0.4, -0.2) is 25.9 Å². The van der Waals surface area contributed by atoms with Gasteiger partial charge in [-0.05, 0) is 48.5 Å². The summed E-state index contributed by atoms with van der Waals surface area (Å²) in [6, 6.07) is 10.7. The van der Waals surface area contributed by atoms with Crippen molar-refractivity contribution in [1.29, 1.82) is 0 Å². The van der Waals surface area contributed by atoms with Crippen molar-refractivity contribution in [1.82, 2.24) is 0 Å². The Morgan fingerprint density at radius 3 is 1.00 bits per heavy atom. The van der Waals surface area contributed by atoms with Gasteiger partial charge in [0.15, 0.2) is 0 Å². The minimum absolute atomic E-state index is 0. The average Bonchev–Trinajstić information content (AvgIpc) is 2.38. The number of thiol groups is 2. The van der Waals surface area contributed by atoms with E-state index in [1.165, 1.54) is 48.5 Å². The second-order valence-electron chi connectivity index (χ2n) is 3.90. The van der Waals surface area contributed by atoms with Gasteiger partial charge in [0, 0.05) is 9.79 Å². The Kier molecular flexibility index (Phi) is 9.00. The molecule has 0 amide bonds. The van der Waals surface area contributed by atoms with E-state index in [2.05, 4.69) is 25.3 Å². The van der Waals surface area contributed by atoms with E-state index >= 15 is 0 Å². The van der Waals surface area contributed by atoms with Gasteiger partial charge in [-0.15, -0.1) is 25.3 Å². The minimum Gasteiger partial charge on any atom is -0.744 e. The van der Waals surface area contributed by atoms with Gasteiger partial charge in [-0.25, -0.2) is 16.8 Å². The largest absolute Gasteiger partial charge is 2.00 e. The summed E-state index contributed by atoms with van der Waals surface area (Å²) >= 11 is 7.86. The topological polar surface area (TPSA) is 114 Å². The van der Waals surface area contributed by atoms with Crippen LogP contribution in [0.2, 0.25) is 0 Å². The van der Waals surface area contributed by atoms with Crippen molar-refractivity contribution in [3.05, 3.63) is 48.5 Å². The number of hydrogen-bond acceptors (Lipinski definition) is 8. The smallest absolute Gasteiger partial charge is 0.744 e. The minimum atomic E-state index is -4.30. The molecule has 0 heterocycles. The second kappa shape index (κ2) is 9.17. The summed E-state index contributed by atoms with van der Waals surface area (Å²) in [5.74, 6) is 0. The zero-order valence-electron chi connectivity index (χ0n) is 11.5. The van der Waals surface area contributed by atoms with Gasteiger partial charge in [0.25, 0.3) is 0 Å². The van der Waals surface area contributed by atoms with E-state index in [-0.39, 0.29) is 29.3 Å². The Hall–Kier alpha value is -0.417. The maximum absolute atomic E-state index is 10.4. The Balaban J connectivity index is 0.000000403. The van der Waals surface area contributed by atoms with E-state index in [1.807, 2.05) is 0 Å². The van der Waals surface area contributed by atoms with Crippen molar-refractivity contribution in [3.63, 3.8) is 0 Å². The van der Waals surface area contributed by atoms with Crippen LogP contribution >= 0.6 is 25.3 Å². The Morgan fingerprint density at radius 1 is 0.609 bits per heavy atom. The summed E-state index contributed by atoms with van der Waals surface area (Å²) < 4.78 is 62.2. The summed E-state index contributed by atoms with van der Waals surface area (Å²) in [5, 5.41) is 0. The van der Waals surface area contributed by atoms with E-state index in [9.17, 15) is 25.9 Å². The first-order chi connectivity index (χ1) is 10.00. The molecule has 0 aliphatic carbocycles. The molecule has 0 fully saturated rings. The van der Waals surface area contributed by atoms with Crippen molar-refractivity contribution >= 4 is 45.5 Å². The molecule has 2 rings (SSSR count). The van der Waals surface area contributed by atoms with Crippen LogP contribution < -0.4 is 0 Å². The average molecular weight is 444 g/mol. The summed E-state index contributed by atoms with van der Waals surface area (Å²) in [6.45, 7) is 0. The van der Waals surface area contributed by atoms with Gasteiger partial charge in [0.1, 0.15) is 20.2 Å². The fraction of sp³-hybridized carbons (Fsp3) is 0. The molecule has 0 radical (unpaired) electrons. The molecule has 0 saturated carbocycles. The van der Waals surface area contributed by atoms with Gasteiger partial charge in [0.2, 0.25) is 0 Å². The van der Waals surface area contributed by atoms with Crippen molar-refractivity contribution in [3.8, 4) is 0 Å². The molecule has 0 unspecified atom stereocenters. The van der Waals surface area contributed by atoms with Crippen molar-refractivity contribution < 1.29 is 45.4 Å². The van der Waals surface area contributed by atoms with Crippen LogP contribution in [0.4, 0.5) is 0 Å². The molecule has 0 aliphatic heterocycles. The molecule has 0 aliphatic rings. The molecule has 2 aromatic rings. The zero-order chi connectivity index (χ0) is 17.0. The van der Waals surface area contributed by atoms with Crippen LogP contribution in [0.1, 0.15) is 0 Å². The monoisotopic (exact) mass is 442 g/mol. The molecular formula is C12H10O6S4Zn. The molecule has 0 bridgehead atoms. The fourth-order valence-corrected chi connectivity index (χ4v) is 2.46. The Labute approximate surface area is 158 Å². The van der Waals surface area contributed by atoms with E-state index in [0.717, 1.165) is 0 Å². The van der Waals surface area contributed by atoms with Crippen molar-refractivity contribution in [2.45, 2.75) is 19.6 Å². The van der Waals surface area contributed by atoms with E-state index in [1.54, 1.807) is 0 Å². The maximum Gasteiger partial charge on any atom is 2.00 e.